The lowest BCUT2D eigenvalue weighted by molar-refractivity contribution is -0.150. The fourth-order valence-electron chi connectivity index (χ4n) is 2.82. The summed E-state index contributed by atoms with van der Waals surface area (Å²) in [6.07, 6.45) is 2.98. The zero-order valence-electron chi connectivity index (χ0n) is 11.9. The summed E-state index contributed by atoms with van der Waals surface area (Å²) >= 11 is 0. The topological polar surface area (TPSA) is 86.6 Å². The number of hydrogen-bond acceptors (Lipinski definition) is 3. The highest BCUT2D eigenvalue weighted by atomic mass is 16.4. The van der Waals surface area contributed by atoms with Crippen molar-refractivity contribution < 1.29 is 19.8 Å². The Morgan fingerprint density at radius 1 is 1.05 bits per heavy atom. The SMILES string of the molecule is O=C(NC1(C(=O)O)CCCCCC1)C(O)c1ccccc1. The second kappa shape index (κ2) is 6.72. The maximum atomic E-state index is 12.2. The van der Waals surface area contributed by atoms with Gasteiger partial charge in [0.25, 0.3) is 5.91 Å². The molecule has 1 amide bonds. The van der Waals surface area contributed by atoms with Crippen LogP contribution >= 0.6 is 0 Å². The molecule has 1 aliphatic carbocycles. The molecule has 0 heterocycles. The number of carbonyl (C=O) groups excluding carboxylic acids is 1. The maximum absolute atomic E-state index is 12.2. The third-order valence-electron chi connectivity index (χ3n) is 4.09. The molecule has 21 heavy (non-hydrogen) atoms. The highest BCUT2D eigenvalue weighted by Crippen LogP contribution is 2.28. The monoisotopic (exact) mass is 291 g/mol. The molecule has 2 rings (SSSR count). The first-order valence-corrected chi connectivity index (χ1v) is 7.34. The van der Waals surface area contributed by atoms with Gasteiger partial charge in [0.2, 0.25) is 0 Å². The van der Waals surface area contributed by atoms with Crippen LogP contribution in [-0.4, -0.2) is 27.6 Å². The molecular formula is C16H21NO4. The van der Waals surface area contributed by atoms with E-state index in [2.05, 4.69) is 5.32 Å². The van der Waals surface area contributed by atoms with E-state index in [4.69, 9.17) is 0 Å². The van der Waals surface area contributed by atoms with Gasteiger partial charge >= 0.3 is 5.97 Å². The minimum atomic E-state index is -1.34. The summed E-state index contributed by atoms with van der Waals surface area (Å²) in [5.74, 6) is -1.66. The highest BCUT2D eigenvalue weighted by Gasteiger charge is 2.41. The lowest BCUT2D eigenvalue weighted by Crippen LogP contribution is -2.55. The summed E-state index contributed by atoms with van der Waals surface area (Å²) in [5.41, 5.74) is -0.784. The van der Waals surface area contributed by atoms with E-state index < -0.39 is 23.5 Å². The molecule has 1 fully saturated rings. The summed E-state index contributed by atoms with van der Waals surface area (Å²) in [6.45, 7) is 0. The number of nitrogens with one attached hydrogen (secondary N) is 1. The maximum Gasteiger partial charge on any atom is 0.329 e. The van der Waals surface area contributed by atoms with Gasteiger partial charge in [0.1, 0.15) is 5.54 Å². The lowest BCUT2D eigenvalue weighted by atomic mass is 9.89. The van der Waals surface area contributed by atoms with Crippen molar-refractivity contribution in [3.63, 3.8) is 0 Å². The van der Waals surface area contributed by atoms with Gasteiger partial charge in [-0.2, -0.15) is 0 Å². The van der Waals surface area contributed by atoms with E-state index in [1.54, 1.807) is 30.3 Å². The minimum Gasteiger partial charge on any atom is -0.480 e. The van der Waals surface area contributed by atoms with Crippen LogP contribution in [0.4, 0.5) is 0 Å². The Balaban J connectivity index is 2.13. The molecule has 0 saturated heterocycles. The first-order chi connectivity index (χ1) is 10.1. The summed E-state index contributed by atoms with van der Waals surface area (Å²) in [4.78, 5) is 23.8. The predicted molar refractivity (Wildman–Crippen MR) is 77.6 cm³/mol. The van der Waals surface area contributed by atoms with Gasteiger partial charge in [-0.25, -0.2) is 4.79 Å². The molecule has 5 nitrogen and oxygen atoms in total. The summed E-state index contributed by atoms with van der Waals surface area (Å²) in [6, 6.07) is 8.53. The van der Waals surface area contributed by atoms with Crippen LogP contribution < -0.4 is 5.32 Å². The van der Waals surface area contributed by atoms with Crippen molar-refractivity contribution in [2.75, 3.05) is 0 Å². The number of aliphatic hydroxyl groups excluding tert-OH is 1. The molecule has 1 unspecified atom stereocenters. The van der Waals surface area contributed by atoms with Crippen LogP contribution in [-0.2, 0) is 9.59 Å². The Kier molecular flexibility index (Phi) is 4.96. The van der Waals surface area contributed by atoms with Gasteiger partial charge in [0.15, 0.2) is 6.10 Å². The summed E-state index contributed by atoms with van der Waals surface area (Å²) < 4.78 is 0. The van der Waals surface area contributed by atoms with Crippen molar-refractivity contribution in [3.8, 4) is 0 Å². The number of aliphatic carboxylic acids is 1. The van der Waals surface area contributed by atoms with Gasteiger partial charge in [-0.3, -0.25) is 4.79 Å². The van der Waals surface area contributed by atoms with Crippen LogP contribution in [0.25, 0.3) is 0 Å². The molecule has 1 atom stereocenters. The zero-order chi connectivity index (χ0) is 15.3. The quantitative estimate of drug-likeness (QED) is 0.741. The molecule has 1 aliphatic rings. The number of benzene rings is 1. The largest absolute Gasteiger partial charge is 0.480 e. The van der Waals surface area contributed by atoms with Crippen LogP contribution in [0.2, 0.25) is 0 Å². The van der Waals surface area contributed by atoms with E-state index in [0.29, 0.717) is 18.4 Å². The Morgan fingerprint density at radius 3 is 2.14 bits per heavy atom. The van der Waals surface area contributed by atoms with Crippen LogP contribution in [0.15, 0.2) is 30.3 Å². The van der Waals surface area contributed by atoms with E-state index in [1.807, 2.05) is 0 Å². The third-order valence-corrected chi connectivity index (χ3v) is 4.09. The number of hydrogen-bond donors (Lipinski definition) is 3. The van der Waals surface area contributed by atoms with Crippen molar-refractivity contribution in [3.05, 3.63) is 35.9 Å². The zero-order valence-corrected chi connectivity index (χ0v) is 11.9. The van der Waals surface area contributed by atoms with Crippen LogP contribution in [0.1, 0.15) is 50.2 Å². The molecule has 1 saturated carbocycles. The van der Waals surface area contributed by atoms with Crippen LogP contribution in [0.5, 0.6) is 0 Å². The Hall–Kier alpha value is -1.88. The molecule has 1 aromatic rings. The Bertz CT molecular complexity index is 492. The Labute approximate surface area is 124 Å². The molecule has 0 radical (unpaired) electrons. The predicted octanol–water partition coefficient (Wildman–Crippen LogP) is 2.01. The molecule has 5 heteroatoms. The van der Waals surface area contributed by atoms with Crippen LogP contribution in [0, 0.1) is 0 Å². The molecule has 0 spiro atoms. The van der Waals surface area contributed by atoms with E-state index in [9.17, 15) is 19.8 Å². The van der Waals surface area contributed by atoms with Crippen molar-refractivity contribution in [2.45, 2.75) is 50.2 Å². The number of amides is 1. The van der Waals surface area contributed by atoms with Gasteiger partial charge in [-0.1, -0.05) is 56.0 Å². The molecule has 0 aliphatic heterocycles. The van der Waals surface area contributed by atoms with Crippen LogP contribution in [0.3, 0.4) is 0 Å². The minimum absolute atomic E-state index is 0.412. The molecule has 3 N–H and O–H groups in total. The van der Waals surface area contributed by atoms with Gasteiger partial charge in [0, 0.05) is 0 Å². The van der Waals surface area contributed by atoms with E-state index in [1.165, 1.54) is 0 Å². The third kappa shape index (κ3) is 3.61. The molecule has 114 valence electrons. The fourth-order valence-corrected chi connectivity index (χ4v) is 2.82. The summed E-state index contributed by atoms with van der Waals surface area (Å²) in [7, 11) is 0. The second-order valence-corrected chi connectivity index (χ2v) is 5.60. The van der Waals surface area contributed by atoms with E-state index in [0.717, 1.165) is 25.7 Å². The average Bonchev–Trinajstić information content (AvgIpc) is 2.74. The molecule has 0 bridgehead atoms. The smallest absolute Gasteiger partial charge is 0.329 e. The first kappa shape index (κ1) is 15.5. The standard InChI is InChI=1S/C16H21NO4/c18-13(12-8-4-3-5-9-12)14(19)17-16(15(20)21)10-6-1-2-7-11-16/h3-5,8-9,13,18H,1-2,6-7,10-11H2,(H,17,19)(H,20,21). The van der Waals surface area contributed by atoms with E-state index >= 15 is 0 Å². The molecule has 1 aromatic carbocycles. The number of carboxylic acids is 1. The average molecular weight is 291 g/mol. The number of aliphatic hydroxyl groups is 1. The first-order valence-electron chi connectivity index (χ1n) is 7.34. The van der Waals surface area contributed by atoms with Gasteiger partial charge < -0.3 is 15.5 Å². The fraction of sp³-hybridized carbons (Fsp3) is 0.500. The molecular weight excluding hydrogens is 270 g/mol. The van der Waals surface area contributed by atoms with Gasteiger partial charge in [-0.05, 0) is 18.4 Å². The normalized spacial score (nSPS) is 19.3. The second-order valence-electron chi connectivity index (χ2n) is 5.60. The van der Waals surface area contributed by atoms with Crippen molar-refractivity contribution in [1.29, 1.82) is 0 Å². The number of carbonyl (C=O) groups is 2. The highest BCUT2D eigenvalue weighted by molar-refractivity contribution is 5.89. The Morgan fingerprint density at radius 2 is 1.62 bits per heavy atom. The number of carboxylic acid groups (broad SMARTS) is 1. The van der Waals surface area contributed by atoms with Gasteiger partial charge in [0.05, 0.1) is 0 Å². The van der Waals surface area contributed by atoms with Crippen molar-refractivity contribution in [2.24, 2.45) is 0 Å². The lowest BCUT2D eigenvalue weighted by Gasteiger charge is -2.30. The summed E-state index contributed by atoms with van der Waals surface area (Å²) in [5, 5.41) is 22.2. The van der Waals surface area contributed by atoms with Gasteiger partial charge in [-0.15, -0.1) is 0 Å². The van der Waals surface area contributed by atoms with E-state index in [-0.39, 0.29) is 0 Å². The molecule has 0 aromatic heterocycles. The number of rotatable bonds is 4. The van der Waals surface area contributed by atoms with Crippen molar-refractivity contribution >= 4 is 11.9 Å². The van der Waals surface area contributed by atoms with Crippen molar-refractivity contribution in [1.82, 2.24) is 5.32 Å².